The number of hydrazine groups is 1. The summed E-state index contributed by atoms with van der Waals surface area (Å²) in [6.07, 6.45) is 7.27. The number of amides is 2. The minimum absolute atomic E-state index is 0.194. The van der Waals surface area contributed by atoms with Gasteiger partial charge in [-0.05, 0) is 81.0 Å². The minimum Gasteiger partial charge on any atom is -0.305 e. The third-order valence-corrected chi connectivity index (χ3v) is 7.68. The molecular formula is C20H30N4O2S. The monoisotopic (exact) mass is 390 g/mol. The highest BCUT2D eigenvalue weighted by Gasteiger charge is 2.32. The highest BCUT2D eigenvalue weighted by Crippen LogP contribution is 2.38. The molecule has 1 aromatic rings. The number of aryl methyl sites for hydroxylation is 2. The van der Waals surface area contributed by atoms with Gasteiger partial charge in [0.15, 0.2) is 0 Å². The molecule has 1 heterocycles. The van der Waals surface area contributed by atoms with Crippen molar-refractivity contribution in [1.82, 2.24) is 10.0 Å². The Balaban J connectivity index is 1.54. The Labute approximate surface area is 163 Å². The molecule has 148 valence electrons. The third-order valence-electron chi connectivity index (χ3n) is 6.20. The maximum absolute atomic E-state index is 12.7. The van der Waals surface area contributed by atoms with Crippen LogP contribution in [0.5, 0.6) is 0 Å². The number of nitrogens with one attached hydrogen (secondary N) is 1. The van der Waals surface area contributed by atoms with Crippen LogP contribution in [0.4, 0.5) is 10.5 Å². The van der Waals surface area contributed by atoms with Gasteiger partial charge in [0.25, 0.3) is 0 Å². The summed E-state index contributed by atoms with van der Waals surface area (Å²) in [6.45, 7) is 5.09. The van der Waals surface area contributed by atoms with E-state index >= 15 is 0 Å². The second kappa shape index (κ2) is 7.53. The van der Waals surface area contributed by atoms with Crippen LogP contribution in [0.15, 0.2) is 10.4 Å². The van der Waals surface area contributed by atoms with Crippen molar-refractivity contribution in [2.24, 2.45) is 4.36 Å². The Bertz CT molecular complexity index is 813. The molecule has 2 amide bonds. The van der Waals surface area contributed by atoms with Gasteiger partial charge < -0.3 is 5.32 Å². The maximum atomic E-state index is 12.7. The molecule has 1 fully saturated rings. The van der Waals surface area contributed by atoms with E-state index in [2.05, 4.69) is 34.6 Å². The van der Waals surface area contributed by atoms with Crippen LogP contribution in [-0.4, -0.2) is 45.3 Å². The van der Waals surface area contributed by atoms with E-state index in [1.807, 2.05) is 12.1 Å². The second-order valence-corrected chi connectivity index (χ2v) is 9.57. The average Bonchev–Trinajstić information content (AvgIpc) is 3.32. The van der Waals surface area contributed by atoms with Crippen LogP contribution < -0.4 is 5.32 Å². The molecule has 0 spiro atoms. The van der Waals surface area contributed by atoms with Gasteiger partial charge in [-0.15, -0.1) is 4.36 Å². The Hall–Kier alpha value is -1.44. The van der Waals surface area contributed by atoms with E-state index < -0.39 is 16.6 Å². The number of nitrogens with zero attached hydrogens (tertiary/aromatic N) is 3. The zero-order chi connectivity index (χ0) is 19.1. The number of benzene rings is 1. The van der Waals surface area contributed by atoms with E-state index in [0.29, 0.717) is 6.04 Å². The quantitative estimate of drug-likeness (QED) is 0.778. The van der Waals surface area contributed by atoms with Crippen molar-refractivity contribution in [3.63, 3.8) is 0 Å². The summed E-state index contributed by atoms with van der Waals surface area (Å²) in [5, 5.41) is 7.01. The summed E-state index contributed by atoms with van der Waals surface area (Å²) in [7, 11) is -0.0329. The topological polar surface area (TPSA) is 65.0 Å². The molecule has 0 bridgehead atoms. The largest absolute Gasteiger partial charge is 0.353 e. The van der Waals surface area contributed by atoms with Crippen LogP contribution in [0.25, 0.3) is 0 Å². The predicted octanol–water partition coefficient (Wildman–Crippen LogP) is 3.15. The number of anilines is 1. The highest BCUT2D eigenvalue weighted by molar-refractivity contribution is 7.75. The predicted molar refractivity (Wildman–Crippen MR) is 109 cm³/mol. The average molecular weight is 391 g/mol. The van der Waals surface area contributed by atoms with Crippen LogP contribution >= 0.6 is 0 Å². The normalized spacial score (nSPS) is 23.8. The smallest absolute Gasteiger partial charge is 0.305 e. The van der Waals surface area contributed by atoms with Gasteiger partial charge >= 0.3 is 6.03 Å². The summed E-state index contributed by atoms with van der Waals surface area (Å²) in [4.78, 5) is 12.6. The lowest BCUT2D eigenvalue weighted by molar-refractivity contribution is 0.0160. The molecule has 1 aliphatic heterocycles. The van der Waals surface area contributed by atoms with Gasteiger partial charge in [0, 0.05) is 25.3 Å². The van der Waals surface area contributed by atoms with Crippen molar-refractivity contribution in [2.45, 2.75) is 70.2 Å². The fourth-order valence-electron chi connectivity index (χ4n) is 4.89. The van der Waals surface area contributed by atoms with Gasteiger partial charge in [0.2, 0.25) is 0 Å². The molecule has 0 aromatic heterocycles. The summed E-state index contributed by atoms with van der Waals surface area (Å²) in [6, 6.07) is 2.24. The molecule has 2 aliphatic carbocycles. The minimum atomic E-state index is -1.97. The number of carbonyl (C=O) groups excluding carboxylic acids is 1. The molecule has 1 saturated heterocycles. The van der Waals surface area contributed by atoms with Crippen LogP contribution in [0.2, 0.25) is 0 Å². The molecule has 7 heteroatoms. The molecule has 1 N–H and O–H groups in total. The first-order chi connectivity index (χ1) is 13.0. The number of carbonyl (C=O) groups is 1. The first kappa shape index (κ1) is 18.9. The van der Waals surface area contributed by atoms with Gasteiger partial charge in [0.1, 0.15) is 5.37 Å². The fraction of sp³-hybridized carbons (Fsp3) is 0.650. The number of urea groups is 1. The molecule has 1 aromatic carbocycles. The molecule has 4 rings (SSSR count). The van der Waals surface area contributed by atoms with Gasteiger partial charge in [0.05, 0.1) is 10.6 Å². The van der Waals surface area contributed by atoms with Crippen LogP contribution in [0.1, 0.15) is 55.4 Å². The summed E-state index contributed by atoms with van der Waals surface area (Å²) in [5.74, 6) is 0. The lowest BCUT2D eigenvalue weighted by Gasteiger charge is -2.29. The molecule has 2 atom stereocenters. The number of fused-ring (bicyclic) bond motifs is 2. The van der Waals surface area contributed by atoms with E-state index in [1.165, 1.54) is 22.3 Å². The van der Waals surface area contributed by atoms with Gasteiger partial charge in [-0.1, -0.05) is 6.07 Å². The Morgan fingerprint density at radius 3 is 2.37 bits per heavy atom. The SMILES string of the molecule is CC(C)N1CCC(/[SH](=O)=N/C(=O)Nc2c3c(cc4c2CCC4)CCC3)N1C. The zero-order valence-electron chi connectivity index (χ0n) is 16.5. The third kappa shape index (κ3) is 3.52. The van der Waals surface area contributed by atoms with Crippen molar-refractivity contribution < 1.29 is 9.00 Å². The van der Waals surface area contributed by atoms with Gasteiger partial charge in [-0.25, -0.2) is 14.8 Å². The summed E-state index contributed by atoms with van der Waals surface area (Å²) < 4.78 is 16.8. The molecule has 6 nitrogen and oxygen atoms in total. The Morgan fingerprint density at radius 1 is 1.19 bits per heavy atom. The number of rotatable bonds is 3. The van der Waals surface area contributed by atoms with Crippen molar-refractivity contribution >= 4 is 22.3 Å². The number of hydrogen-bond donors (Lipinski definition) is 2. The van der Waals surface area contributed by atoms with Crippen molar-refractivity contribution in [3.8, 4) is 0 Å². The van der Waals surface area contributed by atoms with Crippen molar-refractivity contribution in [2.75, 3.05) is 18.9 Å². The van der Waals surface area contributed by atoms with E-state index in [-0.39, 0.29) is 5.37 Å². The first-order valence-corrected chi connectivity index (χ1v) is 11.4. The zero-order valence-corrected chi connectivity index (χ0v) is 17.4. The first-order valence-electron chi connectivity index (χ1n) is 10.1. The van der Waals surface area contributed by atoms with Crippen LogP contribution in [-0.2, 0) is 36.3 Å². The van der Waals surface area contributed by atoms with Gasteiger partial charge in [-0.3, -0.25) is 4.21 Å². The Kier molecular flexibility index (Phi) is 5.27. The summed E-state index contributed by atoms with van der Waals surface area (Å²) in [5.41, 5.74) is 6.27. The van der Waals surface area contributed by atoms with E-state index in [0.717, 1.165) is 57.2 Å². The van der Waals surface area contributed by atoms with E-state index in [4.69, 9.17) is 0 Å². The van der Waals surface area contributed by atoms with Gasteiger partial charge in [-0.2, -0.15) is 0 Å². The molecule has 0 radical (unpaired) electrons. The lowest BCUT2D eigenvalue weighted by atomic mass is 9.99. The van der Waals surface area contributed by atoms with Crippen molar-refractivity contribution in [3.05, 3.63) is 28.3 Å². The highest BCUT2D eigenvalue weighted by atomic mass is 32.2. The molecule has 3 aliphatic rings. The Morgan fingerprint density at radius 2 is 1.81 bits per heavy atom. The lowest BCUT2D eigenvalue weighted by Crippen LogP contribution is -2.42. The van der Waals surface area contributed by atoms with Crippen LogP contribution in [0, 0.1) is 0 Å². The second-order valence-electron chi connectivity index (χ2n) is 8.17. The number of thiol groups is 1. The van der Waals surface area contributed by atoms with Crippen molar-refractivity contribution in [1.29, 1.82) is 0 Å². The molecule has 27 heavy (non-hydrogen) atoms. The number of hydrogen-bond acceptors (Lipinski definition) is 4. The fourth-order valence-corrected chi connectivity index (χ4v) is 6.01. The standard InChI is InChI=1S/C20H30N4O2S/c1-13(2)24-11-10-18(23(24)3)27(26)22-20(25)21-19-16-8-4-6-14(16)12-15-7-5-9-17(15)19/h12-13,18,27H,4-11H2,1-3H3,(H,21,25). The molecule has 2 unspecified atom stereocenters. The van der Waals surface area contributed by atoms with E-state index in [1.54, 1.807) is 0 Å². The van der Waals surface area contributed by atoms with Crippen LogP contribution in [0.3, 0.4) is 0 Å². The maximum Gasteiger partial charge on any atom is 0.353 e. The summed E-state index contributed by atoms with van der Waals surface area (Å²) >= 11 is 0. The molecule has 0 saturated carbocycles. The van der Waals surface area contributed by atoms with E-state index in [9.17, 15) is 9.00 Å². The molecular weight excluding hydrogens is 360 g/mol.